The number of unbranched alkanes of at least 4 members (excludes halogenated alkanes) is 36. The van der Waals surface area contributed by atoms with Crippen LogP contribution in [-0.4, -0.2) is 47.4 Å². The van der Waals surface area contributed by atoms with Crippen LogP contribution in [0, 0.1) is 0 Å². The van der Waals surface area contributed by atoms with Gasteiger partial charge in [-0.05, 0) is 57.8 Å². The molecule has 0 aromatic carbocycles. The zero-order chi connectivity index (χ0) is 43.7. The van der Waals surface area contributed by atoms with Crippen molar-refractivity contribution in [3.63, 3.8) is 0 Å². The molecule has 0 rings (SSSR count). The topological polar surface area (TPSA) is 95.9 Å². The number of rotatable bonds is 49. The van der Waals surface area contributed by atoms with Gasteiger partial charge in [-0.15, -0.1) is 0 Å². The second-order valence-electron chi connectivity index (χ2n) is 18.2. The summed E-state index contributed by atoms with van der Waals surface area (Å²) < 4.78 is 5.46. The molecule has 2 unspecified atom stereocenters. The van der Waals surface area contributed by atoms with E-state index in [9.17, 15) is 19.8 Å². The lowest BCUT2D eigenvalue weighted by Crippen LogP contribution is -2.45. The standard InChI is InChI=1S/C54H103NO5/c1-3-5-7-9-11-13-15-17-19-24-28-32-36-40-44-48-54(59)60-49-45-41-37-33-29-25-21-18-20-23-27-31-35-39-43-47-53(58)55-51(50-56)52(57)46-42-38-34-30-26-22-16-14-12-10-8-6-4-2/h17,19,42,46,51-52,56-57H,3-16,18,20-41,43-45,47-50H2,1-2H3,(H,55,58)/b19-17-,46-42+. The number of ether oxygens (including phenoxy) is 1. The maximum absolute atomic E-state index is 12.4. The molecule has 0 spiro atoms. The number of carbonyl (C=O) groups excluding carboxylic acids is 2. The van der Waals surface area contributed by atoms with Gasteiger partial charge in [0.1, 0.15) is 0 Å². The van der Waals surface area contributed by atoms with Crippen LogP contribution in [0.2, 0.25) is 0 Å². The van der Waals surface area contributed by atoms with Gasteiger partial charge in [0.2, 0.25) is 5.91 Å². The maximum atomic E-state index is 12.4. The monoisotopic (exact) mass is 846 g/mol. The molecule has 60 heavy (non-hydrogen) atoms. The van der Waals surface area contributed by atoms with Crippen molar-refractivity contribution >= 4 is 11.9 Å². The fourth-order valence-corrected chi connectivity index (χ4v) is 8.10. The van der Waals surface area contributed by atoms with E-state index < -0.39 is 12.1 Å². The van der Waals surface area contributed by atoms with E-state index in [1.54, 1.807) is 6.08 Å². The summed E-state index contributed by atoms with van der Waals surface area (Å²) >= 11 is 0. The number of aliphatic hydroxyl groups is 2. The van der Waals surface area contributed by atoms with E-state index in [2.05, 4.69) is 31.3 Å². The van der Waals surface area contributed by atoms with Crippen molar-refractivity contribution in [1.82, 2.24) is 5.32 Å². The zero-order valence-electron chi connectivity index (χ0n) is 40.2. The molecule has 0 saturated carbocycles. The van der Waals surface area contributed by atoms with Gasteiger partial charge in [-0.3, -0.25) is 9.59 Å². The molecule has 0 aliphatic carbocycles. The highest BCUT2D eigenvalue weighted by Crippen LogP contribution is 2.16. The number of allylic oxidation sites excluding steroid dienone is 3. The van der Waals surface area contributed by atoms with Gasteiger partial charge in [0.25, 0.3) is 0 Å². The predicted octanol–water partition coefficient (Wildman–Crippen LogP) is 15.9. The third-order valence-electron chi connectivity index (χ3n) is 12.2. The van der Waals surface area contributed by atoms with Crippen LogP contribution in [0.1, 0.15) is 284 Å². The summed E-state index contributed by atoms with van der Waals surface area (Å²) in [4.78, 5) is 24.4. The molecule has 2 atom stereocenters. The Morgan fingerprint density at radius 2 is 0.783 bits per heavy atom. The highest BCUT2D eigenvalue weighted by atomic mass is 16.5. The van der Waals surface area contributed by atoms with Crippen molar-refractivity contribution in [3.05, 3.63) is 24.3 Å². The van der Waals surface area contributed by atoms with Crippen LogP contribution in [0.25, 0.3) is 0 Å². The molecule has 3 N–H and O–H groups in total. The quantitative estimate of drug-likeness (QED) is 0.0322. The van der Waals surface area contributed by atoms with Crippen molar-refractivity contribution < 1.29 is 24.5 Å². The molecule has 6 heteroatoms. The van der Waals surface area contributed by atoms with E-state index >= 15 is 0 Å². The van der Waals surface area contributed by atoms with E-state index in [0.29, 0.717) is 19.4 Å². The Bertz CT molecular complexity index is 935. The highest BCUT2D eigenvalue weighted by Gasteiger charge is 2.18. The molecule has 354 valence electrons. The van der Waals surface area contributed by atoms with Crippen LogP contribution in [0.4, 0.5) is 0 Å². The summed E-state index contributed by atoms with van der Waals surface area (Å²) in [5.41, 5.74) is 0. The predicted molar refractivity (Wildman–Crippen MR) is 260 cm³/mol. The number of amides is 1. The number of hydrogen-bond donors (Lipinski definition) is 3. The van der Waals surface area contributed by atoms with Crippen molar-refractivity contribution in [3.8, 4) is 0 Å². The summed E-state index contributed by atoms with van der Waals surface area (Å²) in [6, 6.07) is -0.633. The van der Waals surface area contributed by atoms with Gasteiger partial charge in [0, 0.05) is 12.8 Å². The van der Waals surface area contributed by atoms with Gasteiger partial charge in [-0.1, -0.05) is 237 Å². The average molecular weight is 846 g/mol. The van der Waals surface area contributed by atoms with Gasteiger partial charge in [0.05, 0.1) is 25.4 Å². The van der Waals surface area contributed by atoms with Gasteiger partial charge >= 0.3 is 5.97 Å². The molecule has 0 aliphatic rings. The molecule has 0 fully saturated rings. The van der Waals surface area contributed by atoms with Gasteiger partial charge < -0.3 is 20.3 Å². The number of aliphatic hydroxyl groups excluding tert-OH is 2. The summed E-state index contributed by atoms with van der Waals surface area (Å²) in [6.07, 6.45) is 58.9. The van der Waals surface area contributed by atoms with Crippen LogP contribution < -0.4 is 5.32 Å². The number of nitrogens with one attached hydrogen (secondary N) is 1. The smallest absolute Gasteiger partial charge is 0.305 e. The molecular formula is C54H103NO5. The van der Waals surface area contributed by atoms with E-state index in [1.807, 2.05) is 6.08 Å². The molecule has 0 aliphatic heterocycles. The number of esters is 1. The molecule has 0 heterocycles. The normalized spacial score (nSPS) is 12.8. The van der Waals surface area contributed by atoms with Gasteiger partial charge in [-0.2, -0.15) is 0 Å². The lowest BCUT2D eigenvalue weighted by molar-refractivity contribution is -0.143. The molecule has 0 saturated heterocycles. The molecule has 0 radical (unpaired) electrons. The van der Waals surface area contributed by atoms with Crippen LogP contribution in [0.5, 0.6) is 0 Å². The molecule has 0 bridgehead atoms. The third-order valence-corrected chi connectivity index (χ3v) is 12.2. The molecular weight excluding hydrogens is 743 g/mol. The lowest BCUT2D eigenvalue weighted by Gasteiger charge is -2.20. The Kier molecular flexibility index (Phi) is 48.6. The number of hydrogen-bond acceptors (Lipinski definition) is 5. The Hall–Kier alpha value is -1.66. The van der Waals surface area contributed by atoms with Gasteiger partial charge in [0.15, 0.2) is 0 Å². The summed E-state index contributed by atoms with van der Waals surface area (Å²) in [5, 5.41) is 23.0. The molecule has 0 aromatic heterocycles. The van der Waals surface area contributed by atoms with Crippen molar-refractivity contribution in [2.75, 3.05) is 13.2 Å². The Morgan fingerprint density at radius 1 is 0.450 bits per heavy atom. The fourth-order valence-electron chi connectivity index (χ4n) is 8.10. The van der Waals surface area contributed by atoms with E-state index in [-0.39, 0.29) is 18.5 Å². The maximum Gasteiger partial charge on any atom is 0.305 e. The SMILES string of the molecule is CCCCCCCC/C=C\CCCCCCCC(=O)OCCCCCCCCCCCCCCCCCC(=O)NC(CO)C(O)/C=C/CCCCCCCCCCCCC. The first kappa shape index (κ1) is 58.3. The Morgan fingerprint density at radius 3 is 1.18 bits per heavy atom. The first-order valence-corrected chi connectivity index (χ1v) is 26.6. The third kappa shape index (κ3) is 45.9. The lowest BCUT2D eigenvalue weighted by atomic mass is 10.0. The molecule has 1 amide bonds. The summed E-state index contributed by atoms with van der Waals surface area (Å²) in [7, 11) is 0. The Balaban J connectivity index is 3.45. The van der Waals surface area contributed by atoms with Crippen LogP contribution >= 0.6 is 0 Å². The second-order valence-corrected chi connectivity index (χ2v) is 18.2. The largest absolute Gasteiger partial charge is 0.466 e. The molecule has 6 nitrogen and oxygen atoms in total. The van der Waals surface area contributed by atoms with Crippen molar-refractivity contribution in [2.45, 2.75) is 296 Å². The number of carbonyl (C=O) groups is 2. The van der Waals surface area contributed by atoms with Crippen LogP contribution in [0.15, 0.2) is 24.3 Å². The first-order valence-electron chi connectivity index (χ1n) is 26.6. The fraction of sp³-hybridized carbons (Fsp3) is 0.889. The molecule has 0 aromatic rings. The minimum Gasteiger partial charge on any atom is -0.466 e. The Labute approximate surface area is 373 Å². The van der Waals surface area contributed by atoms with Crippen LogP contribution in [0.3, 0.4) is 0 Å². The highest BCUT2D eigenvalue weighted by molar-refractivity contribution is 5.76. The minimum atomic E-state index is -0.849. The van der Waals surface area contributed by atoms with E-state index in [1.165, 1.54) is 199 Å². The summed E-state index contributed by atoms with van der Waals surface area (Å²) in [6.45, 7) is 4.87. The first-order chi connectivity index (χ1) is 29.5. The van der Waals surface area contributed by atoms with Gasteiger partial charge in [-0.25, -0.2) is 0 Å². The summed E-state index contributed by atoms with van der Waals surface area (Å²) in [5.74, 6) is -0.0855. The average Bonchev–Trinajstić information content (AvgIpc) is 3.25. The van der Waals surface area contributed by atoms with Crippen molar-refractivity contribution in [1.29, 1.82) is 0 Å². The zero-order valence-corrected chi connectivity index (χ0v) is 40.2. The van der Waals surface area contributed by atoms with E-state index in [0.717, 1.165) is 57.8 Å². The van der Waals surface area contributed by atoms with Crippen LogP contribution in [-0.2, 0) is 14.3 Å². The second kappa shape index (κ2) is 50.0. The minimum absolute atomic E-state index is 0.00860. The van der Waals surface area contributed by atoms with Crippen molar-refractivity contribution in [2.24, 2.45) is 0 Å². The van der Waals surface area contributed by atoms with E-state index in [4.69, 9.17) is 4.74 Å².